The molecule has 2 rings (SSSR count). The first kappa shape index (κ1) is 11.1. The molecule has 1 aliphatic rings. The molecule has 15 heavy (non-hydrogen) atoms. The summed E-state index contributed by atoms with van der Waals surface area (Å²) in [7, 11) is 0. The molecule has 1 atom stereocenters. The quantitative estimate of drug-likeness (QED) is 0.791. The first-order valence-electron chi connectivity index (χ1n) is 5.47. The predicted octanol–water partition coefficient (Wildman–Crippen LogP) is 3.27. The molecule has 1 unspecified atom stereocenters. The van der Waals surface area contributed by atoms with Crippen molar-refractivity contribution in [3.05, 3.63) is 11.6 Å². The highest BCUT2D eigenvalue weighted by Gasteiger charge is 2.49. The monoisotopic (exact) mass is 271 g/mol. The van der Waals surface area contributed by atoms with E-state index in [0.29, 0.717) is 17.4 Å². The van der Waals surface area contributed by atoms with E-state index >= 15 is 0 Å². The summed E-state index contributed by atoms with van der Waals surface area (Å²) in [5, 5.41) is 9.38. The fourth-order valence-electron chi connectivity index (χ4n) is 2.14. The van der Waals surface area contributed by atoms with Crippen LogP contribution in [0, 0.1) is 5.41 Å². The SMILES string of the molecule is CC(C)n1c(CBr)nnc1C1CC1(C)C. The highest BCUT2D eigenvalue weighted by Crippen LogP contribution is 2.58. The van der Waals surface area contributed by atoms with E-state index in [2.05, 4.69) is 58.4 Å². The van der Waals surface area contributed by atoms with Crippen molar-refractivity contribution in [2.75, 3.05) is 0 Å². The Morgan fingerprint density at radius 1 is 1.47 bits per heavy atom. The molecule has 0 aromatic carbocycles. The zero-order chi connectivity index (χ0) is 11.2. The Bertz CT molecular complexity index is 368. The molecule has 84 valence electrons. The third-order valence-electron chi connectivity index (χ3n) is 3.25. The Morgan fingerprint density at radius 2 is 2.07 bits per heavy atom. The van der Waals surface area contributed by atoms with Crippen molar-refractivity contribution < 1.29 is 0 Å². The van der Waals surface area contributed by atoms with Crippen molar-refractivity contribution in [1.29, 1.82) is 0 Å². The molecule has 0 saturated heterocycles. The maximum absolute atomic E-state index is 4.35. The van der Waals surface area contributed by atoms with Gasteiger partial charge >= 0.3 is 0 Å². The first-order chi connectivity index (χ1) is 6.97. The molecule has 0 bridgehead atoms. The van der Waals surface area contributed by atoms with Gasteiger partial charge in [-0.25, -0.2) is 0 Å². The van der Waals surface area contributed by atoms with E-state index < -0.39 is 0 Å². The lowest BCUT2D eigenvalue weighted by Crippen LogP contribution is -2.10. The molecular weight excluding hydrogens is 254 g/mol. The fraction of sp³-hybridized carbons (Fsp3) is 0.818. The van der Waals surface area contributed by atoms with Crippen LogP contribution in [0.1, 0.15) is 57.7 Å². The lowest BCUT2D eigenvalue weighted by atomic mass is 10.1. The molecule has 4 heteroatoms. The van der Waals surface area contributed by atoms with Gasteiger partial charge in [0.1, 0.15) is 11.6 Å². The third kappa shape index (κ3) is 1.84. The van der Waals surface area contributed by atoms with Gasteiger partial charge in [-0.3, -0.25) is 0 Å². The van der Waals surface area contributed by atoms with Crippen molar-refractivity contribution >= 4 is 15.9 Å². The van der Waals surface area contributed by atoms with Crippen LogP contribution in [0.3, 0.4) is 0 Å². The van der Waals surface area contributed by atoms with Crippen LogP contribution in [0.15, 0.2) is 0 Å². The third-order valence-corrected chi connectivity index (χ3v) is 3.76. The van der Waals surface area contributed by atoms with Gasteiger partial charge in [0.05, 0.1) is 5.33 Å². The average Bonchev–Trinajstić information content (AvgIpc) is 2.64. The minimum absolute atomic E-state index is 0.420. The number of alkyl halides is 1. The summed E-state index contributed by atoms with van der Waals surface area (Å²) in [6.07, 6.45) is 1.24. The second-order valence-corrected chi connectivity index (χ2v) is 5.88. The van der Waals surface area contributed by atoms with E-state index in [1.807, 2.05) is 0 Å². The second kappa shape index (κ2) is 3.58. The van der Waals surface area contributed by atoms with Crippen molar-refractivity contribution in [3.63, 3.8) is 0 Å². The number of nitrogens with zero attached hydrogens (tertiary/aromatic N) is 3. The molecule has 0 N–H and O–H groups in total. The summed E-state index contributed by atoms with van der Waals surface area (Å²) < 4.78 is 2.27. The standard InChI is InChI=1S/C11H18BrN3/c1-7(2)15-9(6-12)13-14-10(15)8-5-11(8,3)4/h7-8H,5-6H2,1-4H3. The van der Waals surface area contributed by atoms with Crippen molar-refractivity contribution in [2.45, 2.75) is 51.4 Å². The minimum atomic E-state index is 0.420. The van der Waals surface area contributed by atoms with Crippen molar-refractivity contribution in [1.82, 2.24) is 14.8 Å². The highest BCUT2D eigenvalue weighted by atomic mass is 79.9. The molecule has 1 aromatic rings. The Hall–Kier alpha value is -0.380. The number of hydrogen-bond donors (Lipinski definition) is 0. The van der Waals surface area contributed by atoms with E-state index in [0.717, 1.165) is 11.2 Å². The van der Waals surface area contributed by atoms with E-state index in [-0.39, 0.29) is 0 Å². The second-order valence-electron chi connectivity index (χ2n) is 5.32. The van der Waals surface area contributed by atoms with Crippen molar-refractivity contribution in [2.24, 2.45) is 5.41 Å². The van der Waals surface area contributed by atoms with Crippen LogP contribution < -0.4 is 0 Å². The van der Waals surface area contributed by atoms with E-state index in [1.54, 1.807) is 0 Å². The molecule has 1 heterocycles. The molecular formula is C11H18BrN3. The van der Waals surface area contributed by atoms with E-state index in [4.69, 9.17) is 0 Å². The Kier molecular flexibility index (Phi) is 2.65. The summed E-state index contributed by atoms with van der Waals surface area (Å²) >= 11 is 3.46. The Morgan fingerprint density at radius 3 is 2.47 bits per heavy atom. The van der Waals surface area contributed by atoms with E-state index in [9.17, 15) is 0 Å². The van der Waals surface area contributed by atoms with Crippen LogP contribution in [0.2, 0.25) is 0 Å². The number of rotatable bonds is 3. The van der Waals surface area contributed by atoms with Gasteiger partial charge in [-0.05, 0) is 25.7 Å². The molecule has 0 amide bonds. The topological polar surface area (TPSA) is 30.7 Å². The Balaban J connectivity index is 2.36. The number of hydrogen-bond acceptors (Lipinski definition) is 2. The van der Waals surface area contributed by atoms with Gasteiger partial charge in [-0.1, -0.05) is 29.8 Å². The number of halogens is 1. The minimum Gasteiger partial charge on any atom is -0.311 e. The highest BCUT2D eigenvalue weighted by molar-refractivity contribution is 9.08. The lowest BCUT2D eigenvalue weighted by molar-refractivity contribution is 0.527. The molecule has 0 radical (unpaired) electrons. The van der Waals surface area contributed by atoms with Crippen LogP contribution in [-0.2, 0) is 5.33 Å². The molecule has 1 aliphatic carbocycles. The smallest absolute Gasteiger partial charge is 0.143 e. The van der Waals surface area contributed by atoms with Gasteiger partial charge in [0.15, 0.2) is 0 Å². The van der Waals surface area contributed by atoms with Crippen molar-refractivity contribution in [3.8, 4) is 0 Å². The van der Waals surface area contributed by atoms with Crippen LogP contribution in [0.4, 0.5) is 0 Å². The molecule has 0 aliphatic heterocycles. The lowest BCUT2D eigenvalue weighted by Gasteiger charge is -2.13. The molecule has 1 aromatic heterocycles. The summed E-state index contributed by atoms with van der Waals surface area (Å²) in [6.45, 7) is 8.97. The molecule has 3 nitrogen and oxygen atoms in total. The van der Waals surface area contributed by atoms with Crippen LogP contribution in [0.5, 0.6) is 0 Å². The van der Waals surface area contributed by atoms with E-state index in [1.165, 1.54) is 12.2 Å². The Labute approximate surface area is 99.4 Å². The molecule has 1 saturated carbocycles. The summed E-state index contributed by atoms with van der Waals surface area (Å²) in [5.74, 6) is 2.81. The predicted molar refractivity (Wildman–Crippen MR) is 64.2 cm³/mol. The van der Waals surface area contributed by atoms with Crippen LogP contribution in [0.25, 0.3) is 0 Å². The van der Waals surface area contributed by atoms with Gasteiger partial charge in [0, 0.05) is 12.0 Å². The fourth-order valence-corrected chi connectivity index (χ4v) is 2.52. The maximum atomic E-state index is 4.35. The molecule has 0 spiro atoms. The largest absolute Gasteiger partial charge is 0.311 e. The summed E-state index contributed by atoms with van der Waals surface area (Å²) in [5.41, 5.74) is 0.420. The van der Waals surface area contributed by atoms with Crippen LogP contribution >= 0.6 is 15.9 Å². The maximum Gasteiger partial charge on any atom is 0.143 e. The van der Waals surface area contributed by atoms with Gasteiger partial charge in [-0.15, -0.1) is 10.2 Å². The average molecular weight is 272 g/mol. The van der Waals surface area contributed by atoms with Gasteiger partial charge < -0.3 is 4.57 Å². The summed E-state index contributed by atoms with van der Waals surface area (Å²) in [6, 6.07) is 0.443. The van der Waals surface area contributed by atoms with Gasteiger partial charge in [0.2, 0.25) is 0 Å². The zero-order valence-electron chi connectivity index (χ0n) is 9.79. The van der Waals surface area contributed by atoms with Crippen LogP contribution in [-0.4, -0.2) is 14.8 Å². The first-order valence-corrected chi connectivity index (χ1v) is 6.59. The zero-order valence-corrected chi connectivity index (χ0v) is 11.4. The van der Waals surface area contributed by atoms with Gasteiger partial charge in [-0.2, -0.15) is 0 Å². The normalized spacial score (nSPS) is 23.5. The number of aromatic nitrogens is 3. The molecule has 1 fully saturated rings. The summed E-state index contributed by atoms with van der Waals surface area (Å²) in [4.78, 5) is 0. The van der Waals surface area contributed by atoms with Gasteiger partial charge in [0.25, 0.3) is 0 Å².